The summed E-state index contributed by atoms with van der Waals surface area (Å²) < 4.78 is 0.894. The lowest BCUT2D eigenvalue weighted by molar-refractivity contribution is 0.301. The van der Waals surface area contributed by atoms with Crippen molar-refractivity contribution in [3.8, 4) is 0 Å². The molecule has 0 unspecified atom stereocenters. The molecule has 2 aromatic rings. The van der Waals surface area contributed by atoms with Gasteiger partial charge in [0.1, 0.15) is 5.76 Å². The molecule has 0 amide bonds. The average Bonchev–Trinajstić information content (AvgIpc) is 3.74. The van der Waals surface area contributed by atoms with E-state index in [-0.39, 0.29) is 5.76 Å². The summed E-state index contributed by atoms with van der Waals surface area (Å²) in [5, 5.41) is 14.8. The quantitative estimate of drug-likeness (QED) is 0.344. The third-order valence-corrected chi connectivity index (χ3v) is 9.30. The Labute approximate surface area is 266 Å². The minimum Gasteiger partial charge on any atom is -0.509 e. The van der Waals surface area contributed by atoms with Crippen molar-refractivity contribution in [2.75, 3.05) is 0 Å². The third kappa shape index (κ3) is 4.65. The molecule has 2 N–H and O–H groups in total. The van der Waals surface area contributed by atoms with Crippen molar-refractivity contribution < 1.29 is 5.11 Å². The standard InChI is InChI=1S/C38H33BrN4O/c1-20-7-9-24(10-8-20)34-28-13-12-26(41-28)18-32-38(5,6)37(44)31(42-32)17-25-11-14-29(40-25)35(30-19-27(39)36(34)43-30)33-22(3)15-21(2)16-23(33)4/h7-19,42,44H,1-6H3. The number of aliphatic hydroxyl groups is 1. The minimum atomic E-state index is -0.615. The van der Waals surface area contributed by atoms with E-state index in [1.54, 1.807) is 0 Å². The van der Waals surface area contributed by atoms with Crippen LogP contribution in [0.5, 0.6) is 0 Å². The van der Waals surface area contributed by atoms with Crippen LogP contribution >= 0.6 is 15.9 Å². The van der Waals surface area contributed by atoms with Crippen molar-refractivity contribution in [2.24, 2.45) is 20.4 Å². The van der Waals surface area contributed by atoms with Crippen LogP contribution in [0.1, 0.15) is 47.2 Å². The Balaban J connectivity index is 1.57. The molecule has 0 aliphatic carbocycles. The van der Waals surface area contributed by atoms with Crippen molar-refractivity contribution in [3.63, 3.8) is 0 Å². The molecule has 0 saturated carbocycles. The first-order valence-electron chi connectivity index (χ1n) is 14.8. The summed E-state index contributed by atoms with van der Waals surface area (Å²) in [6.07, 6.45) is 14.1. The lowest BCUT2D eigenvalue weighted by Crippen LogP contribution is -2.18. The van der Waals surface area contributed by atoms with Crippen molar-refractivity contribution in [1.29, 1.82) is 0 Å². The second-order valence-corrected chi connectivity index (χ2v) is 13.3. The summed E-state index contributed by atoms with van der Waals surface area (Å²) in [5.74, 6) is 0.275. The second kappa shape index (κ2) is 10.3. The van der Waals surface area contributed by atoms with Gasteiger partial charge in [-0.2, -0.15) is 0 Å². The Morgan fingerprint density at radius 3 is 2.20 bits per heavy atom. The molecule has 0 radical (unpaired) electrons. The van der Waals surface area contributed by atoms with Gasteiger partial charge in [-0.05, 0) is 122 Å². The molecule has 44 heavy (non-hydrogen) atoms. The van der Waals surface area contributed by atoms with Crippen LogP contribution in [-0.2, 0) is 0 Å². The molecule has 0 atom stereocenters. The van der Waals surface area contributed by atoms with E-state index in [9.17, 15) is 5.11 Å². The lowest BCUT2D eigenvalue weighted by atomic mass is 9.88. The number of nitrogens with one attached hydrogen (secondary N) is 1. The fourth-order valence-electron chi connectivity index (χ4n) is 6.42. The summed E-state index contributed by atoms with van der Waals surface area (Å²) in [6, 6.07) is 12.9. The van der Waals surface area contributed by atoms with Gasteiger partial charge >= 0.3 is 0 Å². The van der Waals surface area contributed by atoms with Crippen LogP contribution in [0.4, 0.5) is 0 Å². The summed E-state index contributed by atoms with van der Waals surface area (Å²) in [6.45, 7) is 12.5. The third-order valence-electron chi connectivity index (χ3n) is 8.69. The fraction of sp³-hybridized carbons (Fsp3) is 0.184. The Kier molecular flexibility index (Phi) is 6.59. The summed E-state index contributed by atoms with van der Waals surface area (Å²) in [5.41, 5.74) is 14.6. The van der Waals surface area contributed by atoms with Crippen LogP contribution < -0.4 is 5.32 Å². The van der Waals surface area contributed by atoms with E-state index in [0.717, 1.165) is 66.7 Å². The minimum absolute atomic E-state index is 0.275. The monoisotopic (exact) mass is 640 g/mol. The number of hydrogen-bond donors (Lipinski definition) is 2. The molecule has 6 heteroatoms. The van der Waals surface area contributed by atoms with E-state index < -0.39 is 5.41 Å². The highest BCUT2D eigenvalue weighted by atomic mass is 79.9. The van der Waals surface area contributed by atoms with Crippen molar-refractivity contribution >= 4 is 44.2 Å². The highest BCUT2D eigenvalue weighted by Gasteiger charge is 2.37. The van der Waals surface area contributed by atoms with Gasteiger partial charge < -0.3 is 10.4 Å². The van der Waals surface area contributed by atoms with Gasteiger partial charge in [0.05, 0.1) is 45.3 Å². The zero-order chi connectivity index (χ0) is 30.9. The molecule has 5 aliphatic heterocycles. The topological polar surface area (TPSA) is 69.3 Å². The number of rotatable bonds is 2. The second-order valence-electron chi connectivity index (χ2n) is 12.5. The van der Waals surface area contributed by atoms with Gasteiger partial charge in [0.15, 0.2) is 0 Å². The molecule has 0 aromatic heterocycles. The van der Waals surface area contributed by atoms with Crippen LogP contribution in [-0.4, -0.2) is 22.2 Å². The molecular weight excluding hydrogens is 608 g/mol. The van der Waals surface area contributed by atoms with Gasteiger partial charge in [0, 0.05) is 21.3 Å². The normalized spacial score (nSPS) is 20.1. The molecule has 5 aliphatic rings. The van der Waals surface area contributed by atoms with Crippen LogP contribution in [0.15, 0.2) is 133 Å². The van der Waals surface area contributed by atoms with Gasteiger partial charge in [0.25, 0.3) is 0 Å². The van der Waals surface area contributed by atoms with E-state index in [1.807, 2.05) is 50.3 Å². The van der Waals surface area contributed by atoms with Gasteiger partial charge in [0.2, 0.25) is 0 Å². The first kappa shape index (κ1) is 28.2. The van der Waals surface area contributed by atoms with Crippen LogP contribution in [0.25, 0.3) is 11.1 Å². The number of fused-ring (bicyclic) bond motifs is 5. The predicted molar refractivity (Wildman–Crippen MR) is 186 cm³/mol. The van der Waals surface area contributed by atoms with Gasteiger partial charge in [-0.1, -0.05) is 47.5 Å². The lowest BCUT2D eigenvalue weighted by Gasteiger charge is -2.19. The van der Waals surface area contributed by atoms with Crippen LogP contribution in [0.3, 0.4) is 0 Å². The highest BCUT2D eigenvalue weighted by molar-refractivity contribution is 9.12. The summed E-state index contributed by atoms with van der Waals surface area (Å²) >= 11 is 3.90. The summed E-state index contributed by atoms with van der Waals surface area (Å²) in [4.78, 5) is 15.5. The number of benzene rings is 2. The van der Waals surface area contributed by atoms with Gasteiger partial charge in [-0.15, -0.1) is 0 Å². The smallest absolute Gasteiger partial charge is 0.127 e. The maximum Gasteiger partial charge on any atom is 0.127 e. The fourth-order valence-corrected chi connectivity index (χ4v) is 6.93. The number of allylic oxidation sites excluding steroid dienone is 10. The number of aryl methyl sites for hydroxylation is 4. The number of halogens is 1. The van der Waals surface area contributed by atoms with E-state index in [2.05, 4.69) is 91.4 Å². The number of hydrogen-bond acceptors (Lipinski definition) is 5. The Morgan fingerprint density at radius 1 is 0.750 bits per heavy atom. The van der Waals surface area contributed by atoms with Crippen molar-refractivity contribution in [2.45, 2.75) is 41.5 Å². The molecule has 2 aromatic carbocycles. The van der Waals surface area contributed by atoms with E-state index in [0.29, 0.717) is 5.70 Å². The number of aliphatic hydroxyl groups excluding tert-OH is 1. The molecule has 0 spiro atoms. The van der Waals surface area contributed by atoms with Crippen LogP contribution in [0.2, 0.25) is 0 Å². The first-order chi connectivity index (χ1) is 21.0. The zero-order valence-corrected chi connectivity index (χ0v) is 27.3. The Bertz CT molecular complexity index is 2010. The largest absolute Gasteiger partial charge is 0.509 e. The summed E-state index contributed by atoms with van der Waals surface area (Å²) in [7, 11) is 0. The molecule has 7 rings (SSSR count). The molecule has 0 saturated heterocycles. The van der Waals surface area contributed by atoms with Gasteiger partial charge in [-0.3, -0.25) is 0 Å². The molecule has 8 bridgehead atoms. The molecule has 218 valence electrons. The van der Waals surface area contributed by atoms with E-state index in [4.69, 9.17) is 15.0 Å². The SMILES string of the molecule is Cc1ccc(C2=C3C=CC(=N3)C=C3NC(=C(O)C3(C)C)C=C3C=CC(=N3)C(c3c(C)cc(C)cc3C)=C3C=C(Br)C2=N3)cc1. The maximum absolute atomic E-state index is 11.3. The molecule has 5 heterocycles. The van der Waals surface area contributed by atoms with Crippen molar-refractivity contribution in [1.82, 2.24) is 5.32 Å². The Morgan fingerprint density at radius 2 is 1.48 bits per heavy atom. The Hall–Kier alpha value is -4.55. The maximum atomic E-state index is 11.3. The van der Waals surface area contributed by atoms with Crippen LogP contribution in [0, 0.1) is 33.1 Å². The predicted octanol–water partition coefficient (Wildman–Crippen LogP) is 8.98. The first-order valence-corrected chi connectivity index (χ1v) is 15.6. The molecule has 5 nitrogen and oxygen atoms in total. The number of nitrogens with zero attached hydrogens (tertiary/aromatic N) is 3. The highest BCUT2D eigenvalue weighted by Crippen LogP contribution is 2.42. The van der Waals surface area contributed by atoms with Gasteiger partial charge in [-0.25, -0.2) is 15.0 Å². The zero-order valence-electron chi connectivity index (χ0n) is 25.7. The number of aliphatic imine (C=N–C) groups is 3. The molecule has 0 fully saturated rings. The van der Waals surface area contributed by atoms with E-state index in [1.165, 1.54) is 22.3 Å². The average molecular weight is 642 g/mol. The molecular formula is C38H33BrN4O. The van der Waals surface area contributed by atoms with Crippen molar-refractivity contribution in [3.05, 3.63) is 151 Å². The van der Waals surface area contributed by atoms with E-state index >= 15 is 0 Å².